The number of nitrogens with zero attached hydrogens (tertiary/aromatic N) is 2. The normalized spacial score (nSPS) is 17.0. The van der Waals surface area contributed by atoms with Crippen molar-refractivity contribution in [1.82, 2.24) is 9.88 Å². The Labute approximate surface area is 168 Å². The first-order valence-corrected chi connectivity index (χ1v) is 10.1. The molecular formula is C20H25N3O4S. The van der Waals surface area contributed by atoms with E-state index < -0.39 is 0 Å². The maximum Gasteiger partial charge on any atom is 0.279 e. The molecular weight excluding hydrogens is 378 g/mol. The molecule has 28 heavy (non-hydrogen) atoms. The van der Waals surface area contributed by atoms with Gasteiger partial charge in [-0.05, 0) is 44.9 Å². The van der Waals surface area contributed by atoms with Crippen molar-refractivity contribution in [3.05, 3.63) is 45.2 Å². The van der Waals surface area contributed by atoms with E-state index in [1.165, 1.54) is 11.3 Å². The molecule has 8 heteroatoms. The molecule has 1 fully saturated rings. The highest BCUT2D eigenvalue weighted by Crippen LogP contribution is 2.14. The van der Waals surface area contributed by atoms with Crippen LogP contribution in [0.1, 0.15) is 33.8 Å². The highest BCUT2D eigenvalue weighted by molar-refractivity contribution is 7.09. The van der Waals surface area contributed by atoms with Crippen molar-refractivity contribution < 1.29 is 19.1 Å². The number of thiazole rings is 1. The summed E-state index contributed by atoms with van der Waals surface area (Å²) in [4.78, 5) is 30.8. The van der Waals surface area contributed by atoms with Gasteiger partial charge in [-0.25, -0.2) is 0 Å². The lowest BCUT2D eigenvalue weighted by Crippen LogP contribution is -2.36. The van der Waals surface area contributed by atoms with E-state index in [4.69, 9.17) is 9.47 Å². The van der Waals surface area contributed by atoms with Gasteiger partial charge in [0, 0.05) is 29.3 Å². The van der Waals surface area contributed by atoms with Gasteiger partial charge in [-0.1, -0.05) is 6.07 Å². The summed E-state index contributed by atoms with van der Waals surface area (Å²) in [5.41, 5.74) is 1.37. The summed E-state index contributed by atoms with van der Waals surface area (Å²) in [6, 6.07) is 6.87. The number of methoxy groups -OCH3 is 1. The van der Waals surface area contributed by atoms with Crippen molar-refractivity contribution in [2.75, 3.05) is 20.3 Å². The van der Waals surface area contributed by atoms with Crippen molar-refractivity contribution in [3.63, 3.8) is 0 Å². The van der Waals surface area contributed by atoms with Gasteiger partial charge in [-0.2, -0.15) is 4.99 Å². The van der Waals surface area contributed by atoms with Gasteiger partial charge in [0.15, 0.2) is 4.80 Å². The van der Waals surface area contributed by atoms with Gasteiger partial charge >= 0.3 is 0 Å². The van der Waals surface area contributed by atoms with Gasteiger partial charge in [-0.3, -0.25) is 9.59 Å². The molecule has 1 aromatic carbocycles. The van der Waals surface area contributed by atoms with Crippen LogP contribution in [0.25, 0.3) is 0 Å². The average molecular weight is 404 g/mol. The molecule has 0 saturated carbocycles. The van der Waals surface area contributed by atoms with Crippen molar-refractivity contribution in [1.29, 1.82) is 0 Å². The fourth-order valence-electron chi connectivity index (χ4n) is 3.01. The van der Waals surface area contributed by atoms with E-state index >= 15 is 0 Å². The molecule has 0 spiro atoms. The summed E-state index contributed by atoms with van der Waals surface area (Å²) in [5, 5.41) is 2.91. The summed E-state index contributed by atoms with van der Waals surface area (Å²) in [5.74, 6) is 0.112. The van der Waals surface area contributed by atoms with E-state index in [1.54, 1.807) is 35.9 Å². The summed E-state index contributed by atoms with van der Waals surface area (Å²) in [6.07, 6.45) is 2.10. The van der Waals surface area contributed by atoms with Crippen LogP contribution in [-0.2, 0) is 16.1 Å². The molecule has 0 bridgehead atoms. The molecule has 1 aliphatic heterocycles. The largest absolute Gasteiger partial charge is 0.497 e. The summed E-state index contributed by atoms with van der Waals surface area (Å²) >= 11 is 1.40. The van der Waals surface area contributed by atoms with E-state index in [9.17, 15) is 9.59 Å². The highest BCUT2D eigenvalue weighted by Gasteiger charge is 2.17. The van der Waals surface area contributed by atoms with Gasteiger partial charge in [-0.15, -0.1) is 11.3 Å². The SMILES string of the molecule is COc1cccc(C(=O)N=c2sc(C)c(C)n2CC(=O)NC[C@H]2CCCO2)c1. The van der Waals surface area contributed by atoms with E-state index in [2.05, 4.69) is 10.3 Å². The third kappa shape index (κ3) is 4.88. The number of amides is 2. The second-order valence-corrected chi connectivity index (χ2v) is 7.88. The lowest BCUT2D eigenvalue weighted by molar-refractivity contribution is -0.122. The van der Waals surface area contributed by atoms with Crippen LogP contribution in [0.3, 0.4) is 0 Å². The van der Waals surface area contributed by atoms with Crippen LogP contribution in [0.5, 0.6) is 5.75 Å². The Morgan fingerprint density at radius 1 is 1.39 bits per heavy atom. The third-order valence-corrected chi connectivity index (χ3v) is 5.85. The number of benzene rings is 1. The van der Waals surface area contributed by atoms with Crippen LogP contribution in [0.15, 0.2) is 29.3 Å². The third-order valence-electron chi connectivity index (χ3n) is 4.76. The minimum atomic E-state index is -0.367. The number of aromatic nitrogens is 1. The van der Waals surface area contributed by atoms with Crippen molar-refractivity contribution >= 4 is 23.2 Å². The minimum Gasteiger partial charge on any atom is -0.497 e. The van der Waals surface area contributed by atoms with Crippen LogP contribution in [-0.4, -0.2) is 42.7 Å². The Morgan fingerprint density at radius 3 is 2.93 bits per heavy atom. The topological polar surface area (TPSA) is 81.9 Å². The average Bonchev–Trinajstić information content (AvgIpc) is 3.31. The molecule has 0 aliphatic carbocycles. The first-order valence-electron chi connectivity index (χ1n) is 9.26. The van der Waals surface area contributed by atoms with Crippen LogP contribution in [0, 0.1) is 13.8 Å². The van der Waals surface area contributed by atoms with Gasteiger partial charge in [0.25, 0.3) is 5.91 Å². The number of hydrogen-bond donors (Lipinski definition) is 1. The Kier molecular flexibility index (Phi) is 6.64. The number of hydrogen-bond acceptors (Lipinski definition) is 5. The number of ether oxygens (including phenoxy) is 2. The van der Waals surface area contributed by atoms with Crippen LogP contribution < -0.4 is 14.9 Å². The zero-order valence-electron chi connectivity index (χ0n) is 16.4. The number of aryl methyl sites for hydroxylation is 1. The van der Waals surface area contributed by atoms with Crippen LogP contribution in [0.2, 0.25) is 0 Å². The van der Waals surface area contributed by atoms with Gasteiger partial charge in [0.2, 0.25) is 5.91 Å². The van der Waals surface area contributed by atoms with E-state index in [0.717, 1.165) is 30.0 Å². The zero-order valence-corrected chi connectivity index (χ0v) is 17.2. The van der Waals surface area contributed by atoms with E-state index in [0.29, 0.717) is 22.7 Å². The quantitative estimate of drug-likeness (QED) is 0.802. The Hall–Kier alpha value is -2.45. The maximum absolute atomic E-state index is 12.6. The first kappa shape index (κ1) is 20.3. The van der Waals surface area contributed by atoms with Crippen molar-refractivity contribution in [2.45, 2.75) is 39.3 Å². The molecule has 1 aliphatic rings. The van der Waals surface area contributed by atoms with Crippen LogP contribution >= 0.6 is 11.3 Å². The summed E-state index contributed by atoms with van der Waals surface area (Å²) in [7, 11) is 1.55. The number of rotatable bonds is 6. The molecule has 2 aromatic rings. The fraction of sp³-hybridized carbons (Fsp3) is 0.450. The molecule has 7 nitrogen and oxygen atoms in total. The molecule has 1 N–H and O–H groups in total. The van der Waals surface area contributed by atoms with E-state index in [-0.39, 0.29) is 24.5 Å². The maximum atomic E-state index is 12.6. The predicted molar refractivity (Wildman–Crippen MR) is 107 cm³/mol. The van der Waals surface area contributed by atoms with Crippen LogP contribution in [0.4, 0.5) is 0 Å². The zero-order chi connectivity index (χ0) is 20.1. The molecule has 2 amide bonds. The number of carbonyl (C=O) groups excluding carboxylic acids is 2. The smallest absolute Gasteiger partial charge is 0.279 e. The molecule has 0 unspecified atom stereocenters. The second-order valence-electron chi connectivity index (χ2n) is 6.70. The molecule has 150 valence electrons. The Morgan fingerprint density at radius 2 is 2.21 bits per heavy atom. The molecule has 3 rings (SSSR count). The van der Waals surface area contributed by atoms with Gasteiger partial charge in [0.05, 0.1) is 13.2 Å². The Bertz CT molecular complexity index is 926. The lowest BCUT2D eigenvalue weighted by Gasteiger charge is -2.12. The standard InChI is InChI=1S/C20H25N3O4S/c1-13-14(2)28-20(22-19(25)15-6-4-7-16(10-15)26-3)23(13)12-18(24)21-11-17-8-5-9-27-17/h4,6-7,10,17H,5,8-9,11-12H2,1-3H3,(H,21,24)/t17-/m1/s1. The van der Waals surface area contributed by atoms with Crippen molar-refractivity contribution in [2.24, 2.45) is 4.99 Å². The van der Waals surface area contributed by atoms with Gasteiger partial charge < -0.3 is 19.4 Å². The lowest BCUT2D eigenvalue weighted by atomic mass is 10.2. The second kappa shape index (κ2) is 9.16. The number of nitrogens with one attached hydrogen (secondary N) is 1. The van der Waals surface area contributed by atoms with Gasteiger partial charge in [0.1, 0.15) is 12.3 Å². The first-order chi connectivity index (χ1) is 13.5. The molecule has 1 aromatic heterocycles. The highest BCUT2D eigenvalue weighted by atomic mass is 32.1. The Balaban J connectivity index is 1.77. The monoisotopic (exact) mass is 403 g/mol. The number of carbonyl (C=O) groups is 2. The summed E-state index contributed by atoms with van der Waals surface area (Å²) < 4.78 is 12.5. The predicted octanol–water partition coefficient (Wildman–Crippen LogP) is 2.21. The fourth-order valence-corrected chi connectivity index (χ4v) is 3.98. The minimum absolute atomic E-state index is 0.0954. The molecule has 1 atom stereocenters. The molecule has 2 heterocycles. The van der Waals surface area contributed by atoms with E-state index in [1.807, 2.05) is 13.8 Å². The summed E-state index contributed by atoms with van der Waals surface area (Å²) in [6.45, 7) is 5.27. The van der Waals surface area contributed by atoms with Crippen molar-refractivity contribution in [3.8, 4) is 5.75 Å². The molecule has 1 saturated heterocycles. The molecule has 0 radical (unpaired) electrons.